The summed E-state index contributed by atoms with van der Waals surface area (Å²) in [7, 11) is 0. The van der Waals surface area contributed by atoms with Crippen LogP contribution in [-0.2, 0) is 0 Å². The summed E-state index contributed by atoms with van der Waals surface area (Å²) in [4.78, 5) is 0. The van der Waals surface area contributed by atoms with E-state index in [-0.39, 0.29) is 0 Å². The molecule has 3 nitrogen and oxygen atoms in total. The Hall–Kier alpha value is -0.640. The van der Waals surface area contributed by atoms with Crippen molar-refractivity contribution in [1.82, 2.24) is 14.8 Å². The van der Waals surface area contributed by atoms with Gasteiger partial charge in [-0.15, -0.1) is 0 Å². The molecule has 0 aliphatic heterocycles. The third-order valence-corrected chi connectivity index (χ3v) is 3.25. The second kappa shape index (κ2) is 3.50. The highest BCUT2D eigenvalue weighted by atomic mass is 32.1. The molecule has 14 heavy (non-hydrogen) atoms. The van der Waals surface area contributed by atoms with Crippen LogP contribution >= 0.6 is 12.2 Å². The Kier molecular flexibility index (Phi) is 2.47. The van der Waals surface area contributed by atoms with Gasteiger partial charge in [-0.1, -0.05) is 20.8 Å². The zero-order valence-corrected chi connectivity index (χ0v) is 9.77. The summed E-state index contributed by atoms with van der Waals surface area (Å²) in [5.41, 5.74) is 0. The van der Waals surface area contributed by atoms with Crippen LogP contribution in [0.5, 0.6) is 0 Å². The van der Waals surface area contributed by atoms with Crippen LogP contribution in [0.4, 0.5) is 0 Å². The first-order valence-electron chi connectivity index (χ1n) is 5.26. The molecule has 1 aromatic heterocycles. The lowest BCUT2D eigenvalue weighted by atomic mass is 9.81. The van der Waals surface area contributed by atoms with Crippen LogP contribution in [0.3, 0.4) is 0 Å². The van der Waals surface area contributed by atoms with Crippen LogP contribution in [-0.4, -0.2) is 14.8 Å². The fourth-order valence-electron chi connectivity index (χ4n) is 2.15. The molecule has 0 unspecified atom stereocenters. The average Bonchev–Trinajstić information content (AvgIpc) is 2.41. The molecule has 1 fully saturated rings. The minimum atomic E-state index is 0.443. The van der Waals surface area contributed by atoms with Gasteiger partial charge in [-0.05, 0) is 31.0 Å². The molecule has 78 valence electrons. The van der Waals surface area contributed by atoms with Crippen LogP contribution in [0, 0.1) is 10.7 Å². The Bertz CT molecular complexity index is 371. The summed E-state index contributed by atoms with van der Waals surface area (Å²) in [6.45, 7) is 6.60. The third kappa shape index (κ3) is 1.52. The number of hydrogen-bond donors (Lipinski definition) is 1. The number of aromatic nitrogens is 3. The van der Waals surface area contributed by atoms with Gasteiger partial charge in [0.2, 0.25) is 0 Å². The SMILES string of the molecule is CC1CC(n2c(C(C)C)n[nH]c2=S)C1. The normalized spacial score (nSPS) is 26.6. The minimum absolute atomic E-state index is 0.443. The smallest absolute Gasteiger partial charge is 0.195 e. The van der Waals surface area contributed by atoms with Crippen molar-refractivity contribution in [2.45, 2.75) is 45.6 Å². The van der Waals surface area contributed by atoms with E-state index < -0.39 is 0 Å². The first kappa shape index (κ1) is 9.90. The largest absolute Gasteiger partial charge is 0.301 e. The summed E-state index contributed by atoms with van der Waals surface area (Å²) >= 11 is 5.25. The quantitative estimate of drug-likeness (QED) is 0.763. The van der Waals surface area contributed by atoms with Crippen LogP contribution in [0.15, 0.2) is 0 Å². The van der Waals surface area contributed by atoms with Gasteiger partial charge >= 0.3 is 0 Å². The van der Waals surface area contributed by atoms with E-state index in [0.717, 1.165) is 16.5 Å². The van der Waals surface area contributed by atoms with E-state index in [1.165, 1.54) is 12.8 Å². The molecule has 1 aliphatic rings. The molecule has 1 aromatic rings. The lowest BCUT2D eigenvalue weighted by Gasteiger charge is -2.34. The maximum Gasteiger partial charge on any atom is 0.195 e. The number of rotatable bonds is 2. The molecule has 0 atom stereocenters. The molecule has 2 rings (SSSR count). The molecule has 0 bridgehead atoms. The standard InChI is InChI=1S/C10H17N3S/c1-6(2)9-11-12-10(14)13(9)8-4-7(3)5-8/h6-8H,4-5H2,1-3H3,(H,12,14). The van der Waals surface area contributed by atoms with Crippen molar-refractivity contribution in [1.29, 1.82) is 0 Å². The fraction of sp³-hybridized carbons (Fsp3) is 0.800. The van der Waals surface area contributed by atoms with Gasteiger partial charge in [-0.2, -0.15) is 5.10 Å². The monoisotopic (exact) mass is 211 g/mol. The molecule has 1 heterocycles. The van der Waals surface area contributed by atoms with Gasteiger partial charge in [0, 0.05) is 12.0 Å². The van der Waals surface area contributed by atoms with Crippen molar-refractivity contribution in [3.05, 3.63) is 10.6 Å². The molecule has 1 saturated carbocycles. The Morgan fingerprint density at radius 2 is 2.14 bits per heavy atom. The lowest BCUT2D eigenvalue weighted by molar-refractivity contribution is 0.208. The Labute approximate surface area is 89.5 Å². The zero-order valence-electron chi connectivity index (χ0n) is 8.95. The highest BCUT2D eigenvalue weighted by Crippen LogP contribution is 2.38. The van der Waals surface area contributed by atoms with Gasteiger partial charge < -0.3 is 4.57 Å². The maximum absolute atomic E-state index is 5.25. The van der Waals surface area contributed by atoms with E-state index in [0.29, 0.717) is 12.0 Å². The number of aromatic amines is 1. The first-order valence-corrected chi connectivity index (χ1v) is 5.67. The van der Waals surface area contributed by atoms with Gasteiger partial charge in [0.05, 0.1) is 0 Å². The highest BCUT2D eigenvalue weighted by molar-refractivity contribution is 7.71. The molecule has 0 spiro atoms. The van der Waals surface area contributed by atoms with E-state index in [4.69, 9.17) is 12.2 Å². The molecule has 4 heteroatoms. The molecule has 1 N–H and O–H groups in total. The predicted octanol–water partition coefficient (Wildman–Crippen LogP) is 3.04. The zero-order chi connectivity index (χ0) is 10.3. The second-order valence-electron chi connectivity index (χ2n) is 4.64. The number of nitrogens with zero attached hydrogens (tertiary/aromatic N) is 2. The van der Waals surface area contributed by atoms with E-state index in [2.05, 4.69) is 35.5 Å². The molecular formula is C10H17N3S. The van der Waals surface area contributed by atoms with Crippen molar-refractivity contribution in [2.75, 3.05) is 0 Å². The Morgan fingerprint density at radius 3 is 2.64 bits per heavy atom. The van der Waals surface area contributed by atoms with E-state index in [1.807, 2.05) is 0 Å². The molecule has 0 saturated heterocycles. The van der Waals surface area contributed by atoms with E-state index in [9.17, 15) is 0 Å². The molecule has 0 aromatic carbocycles. The Morgan fingerprint density at radius 1 is 1.50 bits per heavy atom. The van der Waals surface area contributed by atoms with Crippen molar-refractivity contribution in [3.8, 4) is 0 Å². The summed E-state index contributed by atoms with van der Waals surface area (Å²) in [5, 5.41) is 7.19. The van der Waals surface area contributed by atoms with Crippen LogP contribution in [0.2, 0.25) is 0 Å². The second-order valence-corrected chi connectivity index (χ2v) is 5.03. The summed E-state index contributed by atoms with van der Waals surface area (Å²) in [5.74, 6) is 2.39. The Balaban J connectivity index is 2.31. The van der Waals surface area contributed by atoms with Crippen LogP contribution in [0.25, 0.3) is 0 Å². The predicted molar refractivity (Wildman–Crippen MR) is 58.9 cm³/mol. The van der Waals surface area contributed by atoms with E-state index in [1.54, 1.807) is 0 Å². The van der Waals surface area contributed by atoms with Gasteiger partial charge in [0.15, 0.2) is 4.77 Å². The van der Waals surface area contributed by atoms with Crippen molar-refractivity contribution >= 4 is 12.2 Å². The van der Waals surface area contributed by atoms with Gasteiger partial charge in [0.1, 0.15) is 5.82 Å². The summed E-state index contributed by atoms with van der Waals surface area (Å²) in [6.07, 6.45) is 2.49. The van der Waals surface area contributed by atoms with Crippen molar-refractivity contribution in [3.63, 3.8) is 0 Å². The van der Waals surface area contributed by atoms with E-state index >= 15 is 0 Å². The van der Waals surface area contributed by atoms with Crippen molar-refractivity contribution in [2.24, 2.45) is 5.92 Å². The minimum Gasteiger partial charge on any atom is -0.301 e. The highest BCUT2D eigenvalue weighted by Gasteiger charge is 2.29. The number of H-pyrrole nitrogens is 1. The van der Waals surface area contributed by atoms with Crippen LogP contribution < -0.4 is 0 Å². The molecular weight excluding hydrogens is 194 g/mol. The fourth-order valence-corrected chi connectivity index (χ4v) is 2.44. The van der Waals surface area contributed by atoms with Gasteiger partial charge in [-0.3, -0.25) is 5.10 Å². The third-order valence-electron chi connectivity index (χ3n) is 2.96. The van der Waals surface area contributed by atoms with Gasteiger partial charge in [-0.25, -0.2) is 0 Å². The summed E-state index contributed by atoms with van der Waals surface area (Å²) in [6, 6.07) is 0.591. The topological polar surface area (TPSA) is 33.6 Å². The summed E-state index contributed by atoms with van der Waals surface area (Å²) < 4.78 is 2.99. The molecule has 0 radical (unpaired) electrons. The lowest BCUT2D eigenvalue weighted by Crippen LogP contribution is -2.26. The van der Waals surface area contributed by atoms with Crippen LogP contribution in [0.1, 0.15) is 51.4 Å². The number of nitrogens with one attached hydrogen (secondary N) is 1. The molecule has 1 aliphatic carbocycles. The van der Waals surface area contributed by atoms with Crippen molar-refractivity contribution < 1.29 is 0 Å². The maximum atomic E-state index is 5.25. The van der Waals surface area contributed by atoms with Gasteiger partial charge in [0.25, 0.3) is 0 Å². The molecule has 0 amide bonds. The number of hydrogen-bond acceptors (Lipinski definition) is 2. The average molecular weight is 211 g/mol. The first-order chi connectivity index (χ1) is 6.59.